The Balaban J connectivity index is 1.87. The molecule has 2 nitrogen and oxygen atoms in total. The van der Waals surface area contributed by atoms with Crippen LogP contribution in [0.5, 0.6) is 0 Å². The van der Waals surface area contributed by atoms with Crippen LogP contribution in [0.4, 0.5) is 0 Å². The highest BCUT2D eigenvalue weighted by atomic mass is 32.1. The number of carbonyl (C=O) groups is 1. The number of carbonyl (C=O) groups excluding carboxylic acids is 1. The van der Waals surface area contributed by atoms with E-state index in [1.165, 1.54) is 10.4 Å². The Bertz CT molecular complexity index is 629. The lowest BCUT2D eigenvalue weighted by molar-refractivity contribution is 0.0735. The lowest BCUT2D eigenvalue weighted by Gasteiger charge is -2.27. The van der Waals surface area contributed by atoms with Gasteiger partial charge < -0.3 is 4.90 Å². The summed E-state index contributed by atoms with van der Waals surface area (Å²) in [5.41, 5.74) is 4.36. The highest BCUT2D eigenvalue weighted by Gasteiger charge is 2.23. The first kappa shape index (κ1) is 12.4. The van der Waals surface area contributed by atoms with Crippen LogP contribution >= 0.6 is 11.3 Å². The lowest BCUT2D eigenvalue weighted by atomic mass is 10.0. The molecule has 0 unspecified atom stereocenters. The molecular weight excluding hydrogens is 254 g/mol. The molecule has 0 fully saturated rings. The van der Waals surface area contributed by atoms with Crippen molar-refractivity contribution in [3.05, 3.63) is 56.8 Å². The fourth-order valence-corrected chi connectivity index (χ4v) is 3.45. The molecule has 1 aromatic carbocycles. The van der Waals surface area contributed by atoms with Crippen LogP contribution in [0.1, 0.15) is 31.9 Å². The van der Waals surface area contributed by atoms with Crippen LogP contribution in [0, 0.1) is 13.8 Å². The molecule has 0 saturated heterocycles. The number of hydrogen-bond donors (Lipinski definition) is 0. The van der Waals surface area contributed by atoms with Gasteiger partial charge in [0.15, 0.2) is 0 Å². The summed E-state index contributed by atoms with van der Waals surface area (Å²) < 4.78 is 0. The number of rotatable bonds is 1. The van der Waals surface area contributed by atoms with Crippen molar-refractivity contribution >= 4 is 17.2 Å². The minimum absolute atomic E-state index is 0.165. The van der Waals surface area contributed by atoms with Crippen LogP contribution in [0.25, 0.3) is 0 Å². The standard InChI is InChI=1S/C16H17NOS/c1-11-3-4-12(2)14(9-11)16(18)17-7-5-15-13(10-17)6-8-19-15/h3-4,6,8-9H,5,7,10H2,1-2H3. The largest absolute Gasteiger partial charge is 0.334 e. The smallest absolute Gasteiger partial charge is 0.254 e. The van der Waals surface area contributed by atoms with E-state index in [4.69, 9.17) is 0 Å². The van der Waals surface area contributed by atoms with Crippen molar-refractivity contribution < 1.29 is 4.79 Å². The first-order chi connectivity index (χ1) is 9.15. The Morgan fingerprint density at radius 2 is 2.11 bits per heavy atom. The highest BCUT2D eigenvalue weighted by Crippen LogP contribution is 2.25. The second-order valence-corrected chi connectivity index (χ2v) is 6.16. The summed E-state index contributed by atoms with van der Waals surface area (Å²) in [5, 5.41) is 2.12. The first-order valence-corrected chi connectivity index (χ1v) is 7.45. The molecule has 0 spiro atoms. The Labute approximate surface area is 117 Å². The molecule has 0 bridgehead atoms. The summed E-state index contributed by atoms with van der Waals surface area (Å²) in [6.07, 6.45) is 0.990. The number of nitrogens with zero attached hydrogens (tertiary/aromatic N) is 1. The van der Waals surface area contributed by atoms with Crippen molar-refractivity contribution in [2.75, 3.05) is 6.54 Å². The maximum Gasteiger partial charge on any atom is 0.254 e. The lowest BCUT2D eigenvalue weighted by Crippen LogP contribution is -2.35. The highest BCUT2D eigenvalue weighted by molar-refractivity contribution is 7.10. The molecule has 2 aromatic rings. The second kappa shape index (κ2) is 4.82. The van der Waals surface area contributed by atoms with Gasteiger partial charge in [-0.2, -0.15) is 0 Å². The zero-order chi connectivity index (χ0) is 13.4. The third kappa shape index (κ3) is 2.30. The fourth-order valence-electron chi connectivity index (χ4n) is 2.56. The zero-order valence-corrected chi connectivity index (χ0v) is 12.1. The van der Waals surface area contributed by atoms with Gasteiger partial charge in [0.2, 0.25) is 0 Å². The molecule has 98 valence electrons. The normalized spacial score (nSPS) is 14.3. The minimum atomic E-state index is 0.165. The van der Waals surface area contributed by atoms with Crippen molar-refractivity contribution in [2.45, 2.75) is 26.8 Å². The summed E-state index contributed by atoms with van der Waals surface area (Å²) in [5.74, 6) is 0.165. The van der Waals surface area contributed by atoms with Gasteiger partial charge in [-0.15, -0.1) is 11.3 Å². The van der Waals surface area contributed by atoms with Gasteiger partial charge in [-0.25, -0.2) is 0 Å². The Hall–Kier alpha value is -1.61. The van der Waals surface area contributed by atoms with Crippen molar-refractivity contribution in [3.8, 4) is 0 Å². The Kier molecular flexibility index (Phi) is 3.15. The van der Waals surface area contributed by atoms with Crippen LogP contribution in [-0.2, 0) is 13.0 Å². The molecule has 3 heteroatoms. The molecule has 1 amide bonds. The molecule has 0 atom stereocenters. The first-order valence-electron chi connectivity index (χ1n) is 6.57. The quantitative estimate of drug-likeness (QED) is 0.776. The predicted octanol–water partition coefficient (Wildman–Crippen LogP) is 3.56. The SMILES string of the molecule is Cc1ccc(C)c(C(=O)N2CCc3sccc3C2)c1. The predicted molar refractivity (Wildman–Crippen MR) is 78.7 cm³/mol. The topological polar surface area (TPSA) is 20.3 Å². The maximum absolute atomic E-state index is 12.6. The summed E-state index contributed by atoms with van der Waals surface area (Å²) >= 11 is 1.80. The molecule has 0 N–H and O–H groups in total. The summed E-state index contributed by atoms with van der Waals surface area (Å²) in [4.78, 5) is 16.0. The number of benzene rings is 1. The van der Waals surface area contributed by atoms with E-state index >= 15 is 0 Å². The molecule has 19 heavy (non-hydrogen) atoms. The van der Waals surface area contributed by atoms with Crippen LogP contribution < -0.4 is 0 Å². The molecule has 0 radical (unpaired) electrons. The van der Waals surface area contributed by atoms with Gasteiger partial charge in [0.1, 0.15) is 0 Å². The maximum atomic E-state index is 12.6. The number of fused-ring (bicyclic) bond motifs is 1. The van der Waals surface area contributed by atoms with Gasteiger partial charge in [-0.3, -0.25) is 4.79 Å². The molecule has 1 aromatic heterocycles. The van der Waals surface area contributed by atoms with Crippen LogP contribution in [-0.4, -0.2) is 17.4 Å². The average molecular weight is 271 g/mol. The van der Waals surface area contributed by atoms with Crippen molar-refractivity contribution in [1.29, 1.82) is 0 Å². The summed E-state index contributed by atoms with van der Waals surface area (Å²) in [6, 6.07) is 8.23. The van der Waals surface area contributed by atoms with Gasteiger partial charge in [-0.05, 0) is 48.9 Å². The summed E-state index contributed by atoms with van der Waals surface area (Å²) in [7, 11) is 0. The van der Waals surface area contributed by atoms with E-state index < -0.39 is 0 Å². The Morgan fingerprint density at radius 1 is 1.26 bits per heavy atom. The Morgan fingerprint density at radius 3 is 2.95 bits per heavy atom. The zero-order valence-electron chi connectivity index (χ0n) is 11.3. The molecule has 2 heterocycles. The number of amides is 1. The number of hydrogen-bond acceptors (Lipinski definition) is 2. The van der Waals surface area contributed by atoms with E-state index in [0.717, 1.165) is 36.2 Å². The van der Waals surface area contributed by atoms with Crippen molar-refractivity contribution in [2.24, 2.45) is 0 Å². The van der Waals surface area contributed by atoms with E-state index in [9.17, 15) is 4.79 Å². The molecular formula is C16H17NOS. The number of aryl methyl sites for hydroxylation is 2. The molecule has 3 rings (SSSR count). The number of thiophene rings is 1. The summed E-state index contributed by atoms with van der Waals surface area (Å²) in [6.45, 7) is 5.63. The van der Waals surface area contributed by atoms with Gasteiger partial charge in [-0.1, -0.05) is 17.7 Å². The van der Waals surface area contributed by atoms with E-state index in [0.29, 0.717) is 0 Å². The molecule has 1 aliphatic heterocycles. The van der Waals surface area contributed by atoms with E-state index in [2.05, 4.69) is 17.5 Å². The van der Waals surface area contributed by atoms with Crippen LogP contribution in [0.2, 0.25) is 0 Å². The third-order valence-corrected chi connectivity index (χ3v) is 4.74. The van der Waals surface area contributed by atoms with E-state index in [-0.39, 0.29) is 5.91 Å². The third-order valence-electron chi connectivity index (χ3n) is 3.72. The minimum Gasteiger partial charge on any atom is -0.334 e. The van der Waals surface area contributed by atoms with Gasteiger partial charge in [0.25, 0.3) is 5.91 Å². The van der Waals surface area contributed by atoms with Crippen molar-refractivity contribution in [3.63, 3.8) is 0 Å². The fraction of sp³-hybridized carbons (Fsp3) is 0.312. The van der Waals surface area contributed by atoms with E-state index in [1.54, 1.807) is 11.3 Å². The monoisotopic (exact) mass is 271 g/mol. The average Bonchev–Trinajstić information content (AvgIpc) is 2.88. The van der Waals surface area contributed by atoms with Gasteiger partial charge in [0, 0.05) is 23.5 Å². The van der Waals surface area contributed by atoms with Gasteiger partial charge >= 0.3 is 0 Å². The van der Waals surface area contributed by atoms with Crippen molar-refractivity contribution in [1.82, 2.24) is 4.90 Å². The van der Waals surface area contributed by atoms with Crippen LogP contribution in [0.15, 0.2) is 29.6 Å². The van der Waals surface area contributed by atoms with Gasteiger partial charge in [0.05, 0.1) is 0 Å². The van der Waals surface area contributed by atoms with Crippen LogP contribution in [0.3, 0.4) is 0 Å². The molecule has 0 saturated carbocycles. The van der Waals surface area contributed by atoms with E-state index in [1.807, 2.05) is 30.9 Å². The molecule has 1 aliphatic rings. The second-order valence-electron chi connectivity index (χ2n) is 5.16. The molecule has 0 aliphatic carbocycles.